The summed E-state index contributed by atoms with van der Waals surface area (Å²) in [6, 6.07) is 14.1. The molecule has 0 radical (unpaired) electrons. The summed E-state index contributed by atoms with van der Waals surface area (Å²) in [6.45, 7) is 0.130. The molecule has 0 aliphatic rings. The Kier molecular flexibility index (Phi) is 3.54. The summed E-state index contributed by atoms with van der Waals surface area (Å²) in [5.74, 6) is 0. The van der Waals surface area contributed by atoms with Gasteiger partial charge in [-0.25, -0.2) is 0 Å². The predicted octanol–water partition coefficient (Wildman–Crippen LogP) is 2.65. The van der Waals surface area contributed by atoms with Crippen LogP contribution in [-0.4, -0.2) is 16.8 Å². The van der Waals surface area contributed by atoms with Crippen LogP contribution < -0.4 is 0 Å². The topological polar surface area (TPSA) is 40.5 Å². The van der Waals surface area contributed by atoms with Gasteiger partial charge in [-0.15, -0.1) is 0 Å². The Bertz CT molecular complexity index is 465. The second kappa shape index (κ2) is 5.10. The molecule has 2 N–H and O–H groups in total. The molecule has 16 heavy (non-hydrogen) atoms. The molecule has 0 amide bonds. The molecule has 0 aromatic heterocycles. The highest BCUT2D eigenvalue weighted by atomic mass is 16.3. The summed E-state index contributed by atoms with van der Waals surface area (Å²) < 4.78 is 0. The number of rotatable bonds is 4. The lowest BCUT2D eigenvalue weighted by molar-refractivity contribution is 0.152. The van der Waals surface area contributed by atoms with Crippen LogP contribution in [0.4, 0.5) is 0 Å². The maximum absolute atomic E-state index is 9.90. The second-order valence-corrected chi connectivity index (χ2v) is 3.99. The Balaban J connectivity index is 2.25. The highest BCUT2D eigenvalue weighted by Gasteiger charge is 2.07. The lowest BCUT2D eigenvalue weighted by Gasteiger charge is -2.10. The average molecular weight is 216 g/mol. The van der Waals surface area contributed by atoms with E-state index in [4.69, 9.17) is 5.11 Å². The van der Waals surface area contributed by atoms with Gasteiger partial charge in [0.2, 0.25) is 0 Å². The smallest absolute Gasteiger partial charge is 0.0791 e. The third-order valence-electron chi connectivity index (χ3n) is 2.79. The van der Waals surface area contributed by atoms with Crippen LogP contribution in [0.2, 0.25) is 0 Å². The Morgan fingerprint density at radius 3 is 2.50 bits per heavy atom. The minimum atomic E-state index is -0.475. The molecule has 0 bridgehead atoms. The molecule has 0 saturated carbocycles. The van der Waals surface area contributed by atoms with Gasteiger partial charge >= 0.3 is 0 Å². The van der Waals surface area contributed by atoms with Crippen LogP contribution in [0.5, 0.6) is 0 Å². The van der Waals surface area contributed by atoms with E-state index in [1.54, 1.807) is 0 Å². The van der Waals surface area contributed by atoms with E-state index >= 15 is 0 Å². The molecule has 0 saturated heterocycles. The largest absolute Gasteiger partial charge is 0.396 e. The van der Waals surface area contributed by atoms with E-state index in [0.717, 1.165) is 10.9 Å². The van der Waals surface area contributed by atoms with Crippen molar-refractivity contribution in [3.8, 4) is 0 Å². The van der Waals surface area contributed by atoms with E-state index in [2.05, 4.69) is 6.07 Å². The minimum absolute atomic E-state index is 0.130. The van der Waals surface area contributed by atoms with Crippen LogP contribution in [0, 0.1) is 0 Å². The van der Waals surface area contributed by atoms with Crippen molar-refractivity contribution in [1.29, 1.82) is 0 Å². The lowest BCUT2D eigenvalue weighted by Crippen LogP contribution is -1.98. The van der Waals surface area contributed by atoms with Crippen LogP contribution in [0.1, 0.15) is 24.5 Å². The van der Waals surface area contributed by atoms with Gasteiger partial charge in [-0.2, -0.15) is 0 Å². The van der Waals surface area contributed by atoms with Gasteiger partial charge in [0.15, 0.2) is 0 Å². The van der Waals surface area contributed by atoms with Crippen LogP contribution in [0.15, 0.2) is 42.5 Å². The SMILES string of the molecule is OCCC[C@H](O)c1ccc2ccccc2c1. The van der Waals surface area contributed by atoms with Gasteiger partial charge in [-0.05, 0) is 35.2 Å². The Morgan fingerprint density at radius 1 is 1.00 bits per heavy atom. The molecule has 1 atom stereocenters. The zero-order chi connectivity index (χ0) is 11.4. The van der Waals surface area contributed by atoms with Crippen molar-refractivity contribution in [3.05, 3.63) is 48.0 Å². The first-order chi connectivity index (χ1) is 7.81. The maximum atomic E-state index is 9.90. The number of aliphatic hydroxyl groups is 2. The first-order valence-electron chi connectivity index (χ1n) is 5.59. The fraction of sp³-hybridized carbons (Fsp3) is 0.286. The monoisotopic (exact) mass is 216 g/mol. The number of benzene rings is 2. The van der Waals surface area contributed by atoms with Gasteiger partial charge in [-0.1, -0.05) is 36.4 Å². The van der Waals surface area contributed by atoms with Crippen LogP contribution in [0.25, 0.3) is 10.8 Å². The summed E-state index contributed by atoms with van der Waals surface area (Å²) in [5, 5.41) is 20.9. The molecule has 0 spiro atoms. The van der Waals surface area contributed by atoms with E-state index in [-0.39, 0.29) is 6.61 Å². The van der Waals surface area contributed by atoms with Gasteiger partial charge in [-0.3, -0.25) is 0 Å². The van der Waals surface area contributed by atoms with Crippen molar-refractivity contribution < 1.29 is 10.2 Å². The molecular formula is C14H16O2. The van der Waals surface area contributed by atoms with Crippen molar-refractivity contribution in [2.24, 2.45) is 0 Å². The van der Waals surface area contributed by atoms with Crippen molar-refractivity contribution in [2.45, 2.75) is 18.9 Å². The van der Waals surface area contributed by atoms with Crippen molar-refractivity contribution in [3.63, 3.8) is 0 Å². The normalized spacial score (nSPS) is 12.9. The Morgan fingerprint density at radius 2 is 1.75 bits per heavy atom. The minimum Gasteiger partial charge on any atom is -0.396 e. The zero-order valence-electron chi connectivity index (χ0n) is 9.13. The van der Waals surface area contributed by atoms with E-state index < -0.39 is 6.10 Å². The van der Waals surface area contributed by atoms with Crippen molar-refractivity contribution in [2.75, 3.05) is 6.61 Å². The van der Waals surface area contributed by atoms with Gasteiger partial charge in [0, 0.05) is 6.61 Å². The molecule has 0 unspecified atom stereocenters. The summed E-state index contributed by atoms with van der Waals surface area (Å²) in [6.07, 6.45) is 0.764. The molecule has 2 aromatic carbocycles. The summed E-state index contributed by atoms with van der Waals surface area (Å²) in [4.78, 5) is 0. The van der Waals surface area contributed by atoms with Crippen LogP contribution in [-0.2, 0) is 0 Å². The van der Waals surface area contributed by atoms with E-state index in [0.29, 0.717) is 12.8 Å². The molecule has 2 rings (SSSR count). The zero-order valence-corrected chi connectivity index (χ0v) is 9.13. The summed E-state index contributed by atoms with van der Waals surface area (Å²) in [7, 11) is 0. The summed E-state index contributed by atoms with van der Waals surface area (Å²) >= 11 is 0. The first-order valence-corrected chi connectivity index (χ1v) is 5.59. The quantitative estimate of drug-likeness (QED) is 0.824. The summed E-state index contributed by atoms with van der Waals surface area (Å²) in [5.41, 5.74) is 0.923. The predicted molar refractivity (Wildman–Crippen MR) is 65.2 cm³/mol. The standard InChI is InChI=1S/C14H16O2/c15-9-3-6-14(16)13-8-7-11-4-1-2-5-12(11)10-13/h1-2,4-5,7-8,10,14-16H,3,6,9H2/t14-/m0/s1. The van der Waals surface area contributed by atoms with Gasteiger partial charge in [0.05, 0.1) is 6.10 Å². The number of hydrogen-bond acceptors (Lipinski definition) is 2. The number of aliphatic hydroxyl groups excluding tert-OH is 2. The highest BCUT2D eigenvalue weighted by molar-refractivity contribution is 5.83. The molecule has 84 valence electrons. The third-order valence-corrected chi connectivity index (χ3v) is 2.79. The Labute approximate surface area is 95.2 Å². The second-order valence-electron chi connectivity index (χ2n) is 3.99. The molecule has 2 aromatic rings. The molecule has 2 heteroatoms. The lowest BCUT2D eigenvalue weighted by atomic mass is 10.0. The molecule has 0 aliphatic carbocycles. The van der Waals surface area contributed by atoms with E-state index in [1.165, 1.54) is 5.39 Å². The Hall–Kier alpha value is -1.38. The van der Waals surface area contributed by atoms with Gasteiger partial charge < -0.3 is 10.2 Å². The van der Waals surface area contributed by atoms with E-state index in [9.17, 15) is 5.11 Å². The number of hydrogen-bond donors (Lipinski definition) is 2. The molecule has 0 aliphatic heterocycles. The van der Waals surface area contributed by atoms with Crippen molar-refractivity contribution in [1.82, 2.24) is 0 Å². The third kappa shape index (κ3) is 2.40. The van der Waals surface area contributed by atoms with Crippen LogP contribution in [0.3, 0.4) is 0 Å². The fourth-order valence-corrected chi connectivity index (χ4v) is 1.87. The molecular weight excluding hydrogens is 200 g/mol. The van der Waals surface area contributed by atoms with Crippen molar-refractivity contribution >= 4 is 10.8 Å². The van der Waals surface area contributed by atoms with Gasteiger partial charge in [0.25, 0.3) is 0 Å². The fourth-order valence-electron chi connectivity index (χ4n) is 1.87. The average Bonchev–Trinajstić information content (AvgIpc) is 2.35. The van der Waals surface area contributed by atoms with Gasteiger partial charge in [0.1, 0.15) is 0 Å². The molecule has 0 fully saturated rings. The first kappa shape index (κ1) is 11.1. The number of fused-ring (bicyclic) bond motifs is 1. The van der Waals surface area contributed by atoms with E-state index in [1.807, 2.05) is 36.4 Å². The van der Waals surface area contributed by atoms with Crippen LogP contribution >= 0.6 is 0 Å². The molecule has 2 nitrogen and oxygen atoms in total. The highest BCUT2D eigenvalue weighted by Crippen LogP contribution is 2.22. The molecule has 0 heterocycles. The maximum Gasteiger partial charge on any atom is 0.0791 e.